The van der Waals surface area contributed by atoms with Crippen LogP contribution < -0.4 is 10.2 Å². The number of H-pyrrole nitrogens is 1. The van der Waals surface area contributed by atoms with E-state index in [4.69, 9.17) is 0 Å². The Bertz CT molecular complexity index is 534. The zero-order valence-electron chi connectivity index (χ0n) is 10.9. The van der Waals surface area contributed by atoms with Crippen molar-refractivity contribution in [3.8, 4) is 0 Å². The largest absolute Gasteiger partial charge is 0.366 e. The Labute approximate surface area is 108 Å². The molecule has 0 bridgehead atoms. The van der Waals surface area contributed by atoms with Crippen molar-refractivity contribution >= 4 is 10.0 Å². The van der Waals surface area contributed by atoms with Crippen molar-refractivity contribution in [3.63, 3.8) is 0 Å². The maximum atomic E-state index is 12.0. The second-order valence-electron chi connectivity index (χ2n) is 4.87. The van der Waals surface area contributed by atoms with E-state index in [-0.39, 0.29) is 10.9 Å². The summed E-state index contributed by atoms with van der Waals surface area (Å²) < 4.78 is 26.5. The van der Waals surface area contributed by atoms with Crippen LogP contribution >= 0.6 is 0 Å². The molecule has 5 nitrogen and oxygen atoms in total. The van der Waals surface area contributed by atoms with Gasteiger partial charge in [0.2, 0.25) is 15.5 Å². The fourth-order valence-electron chi connectivity index (χ4n) is 1.58. The lowest BCUT2D eigenvalue weighted by Crippen LogP contribution is -2.35. The van der Waals surface area contributed by atoms with Crippen LogP contribution in [0.1, 0.15) is 33.6 Å². The van der Waals surface area contributed by atoms with Crippen molar-refractivity contribution in [2.24, 2.45) is 5.92 Å². The van der Waals surface area contributed by atoms with Crippen LogP contribution in [-0.4, -0.2) is 19.4 Å². The molecule has 102 valence electrons. The molecule has 1 unspecified atom stereocenters. The number of rotatable bonds is 6. The molecule has 0 saturated heterocycles. The highest BCUT2D eigenvalue weighted by molar-refractivity contribution is 7.89. The average molecular weight is 272 g/mol. The van der Waals surface area contributed by atoms with Crippen molar-refractivity contribution in [1.29, 1.82) is 0 Å². The number of sulfonamides is 1. The van der Waals surface area contributed by atoms with Crippen molar-refractivity contribution in [2.45, 2.75) is 44.6 Å². The monoisotopic (exact) mass is 272 g/mol. The van der Waals surface area contributed by atoms with E-state index in [1.54, 1.807) is 6.92 Å². The smallest absolute Gasteiger partial charge is 0.246 e. The van der Waals surface area contributed by atoms with Crippen LogP contribution in [0.3, 0.4) is 0 Å². The van der Waals surface area contributed by atoms with Crippen molar-refractivity contribution in [1.82, 2.24) is 9.71 Å². The quantitative estimate of drug-likeness (QED) is 0.823. The van der Waals surface area contributed by atoms with Crippen LogP contribution in [0, 0.1) is 5.92 Å². The van der Waals surface area contributed by atoms with Crippen LogP contribution in [0.15, 0.2) is 28.2 Å². The van der Waals surface area contributed by atoms with Gasteiger partial charge in [0.05, 0.1) is 0 Å². The summed E-state index contributed by atoms with van der Waals surface area (Å²) >= 11 is 0. The molecule has 0 radical (unpaired) electrons. The van der Waals surface area contributed by atoms with E-state index in [2.05, 4.69) is 23.6 Å². The van der Waals surface area contributed by atoms with E-state index < -0.39 is 15.5 Å². The highest BCUT2D eigenvalue weighted by atomic mass is 32.2. The SMILES string of the molecule is CC(C)CCC(C)NS(=O)(=O)c1c[nH]ccc1=O. The molecule has 0 saturated carbocycles. The van der Waals surface area contributed by atoms with Gasteiger partial charge in [0.15, 0.2) is 0 Å². The van der Waals surface area contributed by atoms with Gasteiger partial charge >= 0.3 is 0 Å². The number of pyridine rings is 1. The lowest BCUT2D eigenvalue weighted by molar-refractivity contribution is 0.485. The van der Waals surface area contributed by atoms with Gasteiger partial charge in [-0.2, -0.15) is 0 Å². The van der Waals surface area contributed by atoms with E-state index in [1.165, 1.54) is 18.5 Å². The lowest BCUT2D eigenvalue weighted by atomic mass is 10.1. The van der Waals surface area contributed by atoms with Gasteiger partial charge < -0.3 is 4.98 Å². The molecule has 1 aromatic rings. The molecule has 1 heterocycles. The predicted octanol–water partition coefficient (Wildman–Crippen LogP) is 1.48. The zero-order valence-corrected chi connectivity index (χ0v) is 11.8. The molecule has 6 heteroatoms. The summed E-state index contributed by atoms with van der Waals surface area (Å²) in [6.45, 7) is 5.98. The number of hydrogen-bond acceptors (Lipinski definition) is 3. The summed E-state index contributed by atoms with van der Waals surface area (Å²) in [4.78, 5) is 13.9. The number of aromatic nitrogens is 1. The van der Waals surface area contributed by atoms with Gasteiger partial charge in [-0.15, -0.1) is 0 Å². The van der Waals surface area contributed by atoms with Crippen LogP contribution in [0.2, 0.25) is 0 Å². The molecular formula is C12H20N2O3S. The molecule has 0 aromatic carbocycles. The molecule has 0 aliphatic carbocycles. The van der Waals surface area contributed by atoms with Gasteiger partial charge in [0, 0.05) is 24.5 Å². The Morgan fingerprint density at radius 3 is 2.50 bits per heavy atom. The number of hydrogen-bond donors (Lipinski definition) is 2. The third-order valence-electron chi connectivity index (χ3n) is 2.61. The van der Waals surface area contributed by atoms with E-state index >= 15 is 0 Å². The Hall–Kier alpha value is -1.14. The first-order chi connectivity index (χ1) is 8.33. The van der Waals surface area contributed by atoms with Gasteiger partial charge in [0.25, 0.3) is 0 Å². The first kappa shape index (κ1) is 14.9. The molecule has 0 fully saturated rings. The minimum atomic E-state index is -3.73. The average Bonchev–Trinajstić information content (AvgIpc) is 2.26. The standard InChI is InChI=1S/C12H20N2O3S/c1-9(2)4-5-10(3)14-18(16,17)12-8-13-7-6-11(12)15/h6-10,14H,4-5H2,1-3H3,(H,13,15). The highest BCUT2D eigenvalue weighted by Gasteiger charge is 2.20. The van der Waals surface area contributed by atoms with E-state index in [9.17, 15) is 13.2 Å². The summed E-state index contributed by atoms with van der Waals surface area (Å²) in [5.74, 6) is 0.525. The molecule has 18 heavy (non-hydrogen) atoms. The van der Waals surface area contributed by atoms with Gasteiger partial charge in [-0.3, -0.25) is 4.79 Å². The van der Waals surface area contributed by atoms with Crippen LogP contribution in [0.5, 0.6) is 0 Å². The van der Waals surface area contributed by atoms with Crippen LogP contribution in [-0.2, 0) is 10.0 Å². The summed E-state index contributed by atoms with van der Waals surface area (Å²) in [7, 11) is -3.73. The second-order valence-corrected chi connectivity index (χ2v) is 6.55. The molecule has 2 N–H and O–H groups in total. The number of aromatic amines is 1. The van der Waals surface area contributed by atoms with E-state index in [0.29, 0.717) is 5.92 Å². The molecule has 1 rings (SSSR count). The Morgan fingerprint density at radius 1 is 1.28 bits per heavy atom. The van der Waals surface area contributed by atoms with Crippen molar-refractivity contribution in [3.05, 3.63) is 28.7 Å². The van der Waals surface area contributed by atoms with E-state index in [1.807, 2.05) is 0 Å². The van der Waals surface area contributed by atoms with Crippen molar-refractivity contribution < 1.29 is 8.42 Å². The van der Waals surface area contributed by atoms with Gasteiger partial charge in [-0.05, 0) is 25.7 Å². The molecule has 0 amide bonds. The van der Waals surface area contributed by atoms with Crippen LogP contribution in [0.4, 0.5) is 0 Å². The topological polar surface area (TPSA) is 79.0 Å². The summed E-state index contributed by atoms with van der Waals surface area (Å²) in [5.41, 5.74) is -0.502. The van der Waals surface area contributed by atoms with Crippen molar-refractivity contribution in [2.75, 3.05) is 0 Å². The van der Waals surface area contributed by atoms with Gasteiger partial charge in [0.1, 0.15) is 4.90 Å². The molecule has 1 aromatic heterocycles. The third kappa shape index (κ3) is 4.27. The van der Waals surface area contributed by atoms with E-state index in [0.717, 1.165) is 12.8 Å². The lowest BCUT2D eigenvalue weighted by Gasteiger charge is -2.14. The first-order valence-electron chi connectivity index (χ1n) is 6.02. The third-order valence-corrected chi connectivity index (χ3v) is 4.22. The maximum absolute atomic E-state index is 12.0. The van der Waals surface area contributed by atoms with Crippen LogP contribution in [0.25, 0.3) is 0 Å². The minimum absolute atomic E-state index is 0.183. The summed E-state index contributed by atoms with van der Waals surface area (Å²) in [5, 5.41) is 0. The fourth-order valence-corrected chi connectivity index (χ4v) is 2.91. The summed E-state index contributed by atoms with van der Waals surface area (Å²) in [6.07, 6.45) is 4.31. The highest BCUT2D eigenvalue weighted by Crippen LogP contribution is 2.09. The second kappa shape index (κ2) is 6.15. The number of nitrogens with one attached hydrogen (secondary N) is 2. The van der Waals surface area contributed by atoms with Gasteiger partial charge in [-0.1, -0.05) is 13.8 Å². The fraction of sp³-hybridized carbons (Fsp3) is 0.583. The maximum Gasteiger partial charge on any atom is 0.246 e. The minimum Gasteiger partial charge on any atom is -0.366 e. The Morgan fingerprint density at radius 2 is 1.94 bits per heavy atom. The normalized spacial score (nSPS) is 13.8. The zero-order chi connectivity index (χ0) is 13.8. The summed E-state index contributed by atoms with van der Waals surface area (Å²) in [6, 6.07) is 1.02. The molecule has 0 aliphatic rings. The first-order valence-corrected chi connectivity index (χ1v) is 7.50. The Kier molecular flexibility index (Phi) is 5.10. The van der Waals surface area contributed by atoms with Gasteiger partial charge in [-0.25, -0.2) is 13.1 Å². The molecule has 1 atom stereocenters. The molecule has 0 spiro atoms. The Balaban J connectivity index is 2.77. The molecule has 0 aliphatic heterocycles. The molecular weight excluding hydrogens is 252 g/mol. The predicted molar refractivity (Wildman–Crippen MR) is 70.9 cm³/mol.